The Kier molecular flexibility index (Phi) is 4.85. The summed E-state index contributed by atoms with van der Waals surface area (Å²) in [5.41, 5.74) is 1.01. The number of furan rings is 1. The van der Waals surface area contributed by atoms with Crippen molar-refractivity contribution in [3.05, 3.63) is 71.7 Å². The summed E-state index contributed by atoms with van der Waals surface area (Å²) in [6.07, 6.45) is 0. The average molecular weight is 376 g/mol. The molecule has 0 bridgehead atoms. The third-order valence-electron chi connectivity index (χ3n) is 4.06. The number of nitriles is 1. The van der Waals surface area contributed by atoms with Crippen molar-refractivity contribution in [3.8, 4) is 23.3 Å². The van der Waals surface area contributed by atoms with E-state index in [9.17, 15) is 4.79 Å². The summed E-state index contributed by atoms with van der Waals surface area (Å²) in [7, 11) is 0. The Morgan fingerprint density at radius 2 is 1.89 bits per heavy atom. The van der Waals surface area contributed by atoms with Crippen molar-refractivity contribution in [1.29, 1.82) is 5.26 Å². The van der Waals surface area contributed by atoms with Crippen molar-refractivity contribution >= 4 is 11.6 Å². The number of para-hydroxylation sites is 1. The number of hydrogen-bond acceptors (Lipinski definition) is 6. The van der Waals surface area contributed by atoms with Crippen molar-refractivity contribution < 1.29 is 23.4 Å². The fraction of sp³-hybridized carbons (Fsp3) is 0.143. The first-order valence-electron chi connectivity index (χ1n) is 8.64. The summed E-state index contributed by atoms with van der Waals surface area (Å²) in [6.45, 7) is 1.09. The van der Waals surface area contributed by atoms with Gasteiger partial charge in [-0.25, -0.2) is 0 Å². The Labute approximate surface area is 161 Å². The van der Waals surface area contributed by atoms with Crippen LogP contribution >= 0.6 is 0 Å². The first kappa shape index (κ1) is 17.5. The maximum atomic E-state index is 12.4. The highest BCUT2D eigenvalue weighted by molar-refractivity contribution is 6.02. The quantitative estimate of drug-likeness (QED) is 0.729. The standard InChI is InChI=1S/C21H16N2O5/c22-12-14-3-1-2-4-17(14)27-13-16-6-8-19(28-16)21(24)23-15-5-7-18-20(11-15)26-10-9-25-18/h1-8,11H,9-10,13H2,(H,23,24). The maximum Gasteiger partial charge on any atom is 0.291 e. The number of rotatable bonds is 5. The molecule has 140 valence electrons. The van der Waals surface area contributed by atoms with E-state index < -0.39 is 0 Å². The van der Waals surface area contributed by atoms with E-state index in [2.05, 4.69) is 11.4 Å². The Morgan fingerprint density at radius 3 is 2.75 bits per heavy atom. The van der Waals surface area contributed by atoms with E-state index in [1.807, 2.05) is 0 Å². The van der Waals surface area contributed by atoms with E-state index in [0.29, 0.717) is 47.5 Å². The van der Waals surface area contributed by atoms with E-state index in [1.165, 1.54) is 0 Å². The molecule has 1 amide bonds. The largest absolute Gasteiger partial charge is 0.486 e. The molecule has 0 fully saturated rings. The molecular weight excluding hydrogens is 360 g/mol. The number of carbonyl (C=O) groups is 1. The summed E-state index contributed by atoms with van der Waals surface area (Å²) in [6, 6.07) is 17.4. The van der Waals surface area contributed by atoms with Crippen LogP contribution in [0.2, 0.25) is 0 Å². The Hall–Kier alpha value is -3.92. The van der Waals surface area contributed by atoms with Gasteiger partial charge in [0.25, 0.3) is 5.91 Å². The zero-order valence-corrected chi connectivity index (χ0v) is 14.8. The second kappa shape index (κ2) is 7.76. The molecule has 3 aromatic rings. The van der Waals surface area contributed by atoms with Gasteiger partial charge in [-0.15, -0.1) is 0 Å². The van der Waals surface area contributed by atoms with Gasteiger partial charge in [0.05, 0.1) is 5.56 Å². The summed E-state index contributed by atoms with van der Waals surface area (Å²) < 4.78 is 22.1. The van der Waals surface area contributed by atoms with Gasteiger partial charge < -0.3 is 23.9 Å². The highest BCUT2D eigenvalue weighted by atomic mass is 16.6. The van der Waals surface area contributed by atoms with Gasteiger partial charge in [0.15, 0.2) is 17.3 Å². The Morgan fingerprint density at radius 1 is 1.07 bits per heavy atom. The molecule has 0 unspecified atom stereocenters. The van der Waals surface area contributed by atoms with Crippen LogP contribution in [0.25, 0.3) is 0 Å². The topological polar surface area (TPSA) is 93.7 Å². The van der Waals surface area contributed by atoms with E-state index in [-0.39, 0.29) is 18.3 Å². The van der Waals surface area contributed by atoms with Crippen molar-refractivity contribution in [2.45, 2.75) is 6.61 Å². The van der Waals surface area contributed by atoms with Crippen LogP contribution in [0.15, 0.2) is 59.0 Å². The number of ether oxygens (including phenoxy) is 3. The monoisotopic (exact) mass is 376 g/mol. The van der Waals surface area contributed by atoms with E-state index >= 15 is 0 Å². The van der Waals surface area contributed by atoms with Crippen LogP contribution < -0.4 is 19.5 Å². The summed E-state index contributed by atoms with van der Waals surface area (Å²) in [5, 5.41) is 11.8. The Bertz CT molecular complexity index is 1050. The van der Waals surface area contributed by atoms with Gasteiger partial charge >= 0.3 is 0 Å². The number of nitrogens with one attached hydrogen (secondary N) is 1. The number of carbonyl (C=O) groups excluding carboxylic acids is 1. The zero-order chi connectivity index (χ0) is 19.3. The van der Waals surface area contributed by atoms with Crippen molar-refractivity contribution in [1.82, 2.24) is 0 Å². The molecule has 2 aromatic carbocycles. The molecule has 0 radical (unpaired) electrons. The maximum absolute atomic E-state index is 12.4. The van der Waals surface area contributed by atoms with Crippen LogP contribution in [-0.2, 0) is 6.61 Å². The smallest absolute Gasteiger partial charge is 0.291 e. The molecule has 28 heavy (non-hydrogen) atoms. The molecule has 7 nitrogen and oxygen atoms in total. The van der Waals surface area contributed by atoms with Crippen LogP contribution in [0.5, 0.6) is 17.2 Å². The van der Waals surface area contributed by atoms with Crippen LogP contribution in [0, 0.1) is 11.3 Å². The predicted octanol–water partition coefficient (Wildman–Crippen LogP) is 3.75. The molecule has 0 spiro atoms. The average Bonchev–Trinajstić information content (AvgIpc) is 3.21. The summed E-state index contributed by atoms with van der Waals surface area (Å²) in [5.74, 6) is 1.94. The third-order valence-corrected chi connectivity index (χ3v) is 4.06. The molecule has 1 N–H and O–H groups in total. The fourth-order valence-electron chi connectivity index (χ4n) is 2.73. The third kappa shape index (κ3) is 3.76. The molecule has 1 aliphatic heterocycles. The molecule has 0 atom stereocenters. The first-order chi connectivity index (χ1) is 13.7. The van der Waals surface area contributed by atoms with Crippen molar-refractivity contribution in [2.75, 3.05) is 18.5 Å². The minimum atomic E-state index is -0.389. The lowest BCUT2D eigenvalue weighted by Crippen LogP contribution is -2.16. The van der Waals surface area contributed by atoms with Crippen molar-refractivity contribution in [2.24, 2.45) is 0 Å². The van der Waals surface area contributed by atoms with Gasteiger partial charge in [-0.1, -0.05) is 12.1 Å². The first-order valence-corrected chi connectivity index (χ1v) is 8.64. The van der Waals surface area contributed by atoms with Gasteiger partial charge in [0.2, 0.25) is 0 Å². The molecule has 1 aromatic heterocycles. The minimum absolute atomic E-state index is 0.107. The highest BCUT2D eigenvalue weighted by Gasteiger charge is 2.16. The van der Waals surface area contributed by atoms with Gasteiger partial charge in [-0.3, -0.25) is 4.79 Å². The normalized spacial score (nSPS) is 12.1. The van der Waals surface area contributed by atoms with E-state index in [1.54, 1.807) is 54.6 Å². The Balaban J connectivity index is 1.40. The van der Waals surface area contributed by atoms with Crippen molar-refractivity contribution in [3.63, 3.8) is 0 Å². The molecule has 7 heteroatoms. The van der Waals surface area contributed by atoms with Gasteiger partial charge in [-0.05, 0) is 36.4 Å². The lowest BCUT2D eigenvalue weighted by Gasteiger charge is -2.18. The number of benzene rings is 2. The van der Waals surface area contributed by atoms with Crippen LogP contribution in [-0.4, -0.2) is 19.1 Å². The van der Waals surface area contributed by atoms with E-state index in [4.69, 9.17) is 23.9 Å². The number of nitrogens with zero attached hydrogens (tertiary/aromatic N) is 1. The fourth-order valence-corrected chi connectivity index (χ4v) is 2.73. The SMILES string of the molecule is N#Cc1ccccc1OCc1ccc(C(=O)Nc2ccc3c(c2)OCCO3)o1. The summed E-state index contributed by atoms with van der Waals surface area (Å²) in [4.78, 5) is 12.4. The predicted molar refractivity (Wildman–Crippen MR) is 99.6 cm³/mol. The molecule has 2 heterocycles. The minimum Gasteiger partial charge on any atom is -0.486 e. The molecule has 4 rings (SSSR count). The lowest BCUT2D eigenvalue weighted by molar-refractivity contribution is 0.0992. The highest BCUT2D eigenvalue weighted by Crippen LogP contribution is 2.32. The van der Waals surface area contributed by atoms with Crippen LogP contribution in [0.4, 0.5) is 5.69 Å². The number of fused-ring (bicyclic) bond motifs is 1. The van der Waals surface area contributed by atoms with Crippen LogP contribution in [0.3, 0.4) is 0 Å². The molecule has 0 saturated carbocycles. The molecule has 0 saturated heterocycles. The van der Waals surface area contributed by atoms with E-state index in [0.717, 1.165) is 0 Å². The summed E-state index contributed by atoms with van der Waals surface area (Å²) >= 11 is 0. The molecule has 1 aliphatic rings. The second-order valence-electron chi connectivity index (χ2n) is 5.98. The van der Waals surface area contributed by atoms with Crippen LogP contribution in [0.1, 0.15) is 21.9 Å². The van der Waals surface area contributed by atoms with Gasteiger partial charge in [0, 0.05) is 11.8 Å². The zero-order valence-electron chi connectivity index (χ0n) is 14.8. The lowest BCUT2D eigenvalue weighted by atomic mass is 10.2. The number of amides is 1. The second-order valence-corrected chi connectivity index (χ2v) is 5.98. The van der Waals surface area contributed by atoms with Gasteiger partial charge in [0.1, 0.15) is 37.4 Å². The van der Waals surface area contributed by atoms with Gasteiger partial charge in [-0.2, -0.15) is 5.26 Å². The molecule has 0 aliphatic carbocycles. The number of anilines is 1. The number of hydrogen-bond donors (Lipinski definition) is 1. The molecular formula is C21H16N2O5.